The number of amides is 1. The number of hydrogen-bond acceptors (Lipinski definition) is 3. The van der Waals surface area contributed by atoms with Gasteiger partial charge in [0.1, 0.15) is 0 Å². The monoisotopic (exact) mass is 342 g/mol. The highest BCUT2D eigenvalue weighted by atomic mass is 16.5. The molecule has 3 unspecified atom stereocenters. The molecule has 1 aromatic rings. The lowest BCUT2D eigenvalue weighted by Gasteiger charge is -2.34. The molecule has 3 aliphatic rings. The highest BCUT2D eigenvalue weighted by molar-refractivity contribution is 5.82. The largest absolute Gasteiger partial charge is 0.352 e. The highest BCUT2D eigenvalue weighted by Gasteiger charge is 2.64. The predicted octanol–water partition coefficient (Wildman–Crippen LogP) is 3.17. The maximum absolute atomic E-state index is 12.8. The van der Waals surface area contributed by atoms with Crippen LogP contribution in [0.25, 0.3) is 0 Å². The second-order valence-corrected chi connectivity index (χ2v) is 8.55. The molecule has 0 radical (unpaired) electrons. The summed E-state index contributed by atoms with van der Waals surface area (Å²) in [5.74, 6) is 0.723. The van der Waals surface area contributed by atoms with Crippen LogP contribution in [0.2, 0.25) is 0 Å². The summed E-state index contributed by atoms with van der Waals surface area (Å²) in [5.41, 5.74) is 5.07. The van der Waals surface area contributed by atoms with E-state index in [4.69, 9.17) is 4.74 Å². The van der Waals surface area contributed by atoms with Gasteiger partial charge in [-0.25, -0.2) is 0 Å². The van der Waals surface area contributed by atoms with E-state index in [1.165, 1.54) is 22.3 Å². The molecule has 25 heavy (non-hydrogen) atoms. The summed E-state index contributed by atoms with van der Waals surface area (Å²) in [6, 6.07) is 4.96. The van der Waals surface area contributed by atoms with Crippen molar-refractivity contribution in [2.24, 2.45) is 5.92 Å². The van der Waals surface area contributed by atoms with Crippen molar-refractivity contribution in [3.63, 3.8) is 0 Å². The van der Waals surface area contributed by atoms with Crippen LogP contribution in [0.4, 0.5) is 0 Å². The predicted molar refractivity (Wildman–Crippen MR) is 98.2 cm³/mol. The molecule has 3 atom stereocenters. The van der Waals surface area contributed by atoms with E-state index in [9.17, 15) is 4.79 Å². The van der Waals surface area contributed by atoms with Gasteiger partial charge in [0.25, 0.3) is 0 Å². The Labute approximate surface area is 151 Å². The molecule has 1 aromatic carbocycles. The molecule has 4 nitrogen and oxygen atoms in total. The van der Waals surface area contributed by atoms with Crippen LogP contribution >= 0.6 is 0 Å². The molecule has 0 N–H and O–H groups in total. The number of carbonyl (C=O) groups excluding carboxylic acids is 1. The van der Waals surface area contributed by atoms with E-state index >= 15 is 0 Å². The summed E-state index contributed by atoms with van der Waals surface area (Å²) in [6.07, 6.45) is 1.55. The molecule has 136 valence electrons. The molecule has 4 rings (SSSR count). The number of benzene rings is 1. The molecule has 3 heterocycles. The van der Waals surface area contributed by atoms with Gasteiger partial charge in [-0.2, -0.15) is 0 Å². The molecule has 3 aliphatic heterocycles. The van der Waals surface area contributed by atoms with Gasteiger partial charge in [0.2, 0.25) is 5.91 Å². The third-order valence-corrected chi connectivity index (χ3v) is 6.57. The van der Waals surface area contributed by atoms with E-state index in [2.05, 4.69) is 56.6 Å². The summed E-state index contributed by atoms with van der Waals surface area (Å²) in [4.78, 5) is 17.4. The number of rotatable bonds is 3. The Bertz CT molecular complexity index is 691. The number of likely N-dealkylation sites (tertiary alicyclic amines) is 1. The van der Waals surface area contributed by atoms with E-state index in [1.807, 2.05) is 0 Å². The Morgan fingerprint density at radius 2 is 1.92 bits per heavy atom. The SMILES string of the molecule is Cc1cc(C)c(CN2CCC34OCC(C(C)C)N3C(=O)CC24)c(C)c1. The third-order valence-electron chi connectivity index (χ3n) is 6.57. The number of hydrogen-bond donors (Lipinski definition) is 0. The molecule has 4 heteroatoms. The zero-order valence-electron chi connectivity index (χ0n) is 16.1. The lowest BCUT2D eigenvalue weighted by molar-refractivity contribution is -0.139. The van der Waals surface area contributed by atoms with Crippen molar-refractivity contribution >= 4 is 5.91 Å². The Balaban J connectivity index is 1.61. The third kappa shape index (κ3) is 2.45. The van der Waals surface area contributed by atoms with Gasteiger partial charge in [0, 0.05) is 25.9 Å². The summed E-state index contributed by atoms with van der Waals surface area (Å²) < 4.78 is 6.34. The first-order valence-corrected chi connectivity index (χ1v) is 9.60. The number of ether oxygens (including phenoxy) is 1. The van der Waals surface area contributed by atoms with Crippen molar-refractivity contribution < 1.29 is 9.53 Å². The fourth-order valence-corrected chi connectivity index (χ4v) is 5.31. The standard InChI is InChI=1S/C21H30N2O2/c1-13(2)18-12-25-21-6-7-22(19(21)10-20(24)23(18)21)11-17-15(4)8-14(3)9-16(17)5/h8-9,13,18-19H,6-7,10-12H2,1-5H3. The second kappa shape index (κ2) is 5.82. The summed E-state index contributed by atoms with van der Waals surface area (Å²) >= 11 is 0. The normalized spacial score (nSPS) is 31.9. The first-order valence-electron chi connectivity index (χ1n) is 9.60. The van der Waals surface area contributed by atoms with Crippen molar-refractivity contribution in [3.05, 3.63) is 34.4 Å². The van der Waals surface area contributed by atoms with Crippen molar-refractivity contribution in [1.29, 1.82) is 0 Å². The molecule has 0 bridgehead atoms. The fourth-order valence-electron chi connectivity index (χ4n) is 5.31. The molecule has 1 amide bonds. The van der Waals surface area contributed by atoms with E-state index in [-0.39, 0.29) is 23.7 Å². The van der Waals surface area contributed by atoms with Crippen LogP contribution in [0, 0.1) is 26.7 Å². The summed E-state index contributed by atoms with van der Waals surface area (Å²) in [6.45, 7) is 13.6. The minimum atomic E-state index is -0.363. The van der Waals surface area contributed by atoms with Crippen LogP contribution in [-0.4, -0.2) is 46.7 Å². The van der Waals surface area contributed by atoms with Gasteiger partial charge in [-0.15, -0.1) is 0 Å². The zero-order valence-corrected chi connectivity index (χ0v) is 16.1. The van der Waals surface area contributed by atoms with Gasteiger partial charge in [0.05, 0.1) is 18.7 Å². The highest BCUT2D eigenvalue weighted by Crippen LogP contribution is 2.49. The molecule has 3 fully saturated rings. The van der Waals surface area contributed by atoms with Crippen molar-refractivity contribution in [2.45, 2.75) is 71.8 Å². The lowest BCUT2D eigenvalue weighted by atomic mass is 9.98. The molecule has 3 saturated heterocycles. The van der Waals surface area contributed by atoms with Crippen LogP contribution in [0.5, 0.6) is 0 Å². The fraction of sp³-hybridized carbons (Fsp3) is 0.667. The average molecular weight is 342 g/mol. The van der Waals surface area contributed by atoms with Gasteiger partial charge >= 0.3 is 0 Å². The molecule has 1 spiro atoms. The van der Waals surface area contributed by atoms with E-state index in [0.717, 1.165) is 19.5 Å². The van der Waals surface area contributed by atoms with Gasteiger partial charge in [-0.3, -0.25) is 9.69 Å². The molecule has 0 aromatic heterocycles. The average Bonchev–Trinajstić information content (AvgIpc) is 3.13. The van der Waals surface area contributed by atoms with Crippen LogP contribution in [-0.2, 0) is 16.1 Å². The van der Waals surface area contributed by atoms with Crippen LogP contribution in [0.3, 0.4) is 0 Å². The maximum Gasteiger partial charge on any atom is 0.226 e. The Morgan fingerprint density at radius 1 is 1.24 bits per heavy atom. The first-order chi connectivity index (χ1) is 11.8. The van der Waals surface area contributed by atoms with E-state index < -0.39 is 0 Å². The minimum Gasteiger partial charge on any atom is -0.352 e. The Kier molecular flexibility index (Phi) is 3.97. The smallest absolute Gasteiger partial charge is 0.226 e. The van der Waals surface area contributed by atoms with Gasteiger partial charge < -0.3 is 9.64 Å². The topological polar surface area (TPSA) is 32.8 Å². The second-order valence-electron chi connectivity index (χ2n) is 8.55. The maximum atomic E-state index is 12.8. The van der Waals surface area contributed by atoms with E-state index in [1.54, 1.807) is 0 Å². The van der Waals surface area contributed by atoms with E-state index in [0.29, 0.717) is 18.9 Å². The van der Waals surface area contributed by atoms with Crippen molar-refractivity contribution in [1.82, 2.24) is 9.80 Å². The molecule has 0 aliphatic carbocycles. The van der Waals surface area contributed by atoms with Crippen LogP contribution in [0.1, 0.15) is 48.9 Å². The quantitative estimate of drug-likeness (QED) is 0.846. The first kappa shape index (κ1) is 17.0. The Morgan fingerprint density at radius 3 is 2.56 bits per heavy atom. The van der Waals surface area contributed by atoms with Crippen LogP contribution in [0.15, 0.2) is 12.1 Å². The summed E-state index contributed by atoms with van der Waals surface area (Å²) in [5, 5.41) is 0. The lowest BCUT2D eigenvalue weighted by Crippen LogP contribution is -2.50. The summed E-state index contributed by atoms with van der Waals surface area (Å²) in [7, 11) is 0. The zero-order chi connectivity index (χ0) is 17.9. The molecular weight excluding hydrogens is 312 g/mol. The van der Waals surface area contributed by atoms with Gasteiger partial charge in [-0.1, -0.05) is 31.5 Å². The molecular formula is C21H30N2O2. The van der Waals surface area contributed by atoms with Gasteiger partial charge in [-0.05, 0) is 43.4 Å². The number of aryl methyl sites for hydroxylation is 3. The minimum absolute atomic E-state index is 0.198. The van der Waals surface area contributed by atoms with Gasteiger partial charge in [0.15, 0.2) is 5.72 Å². The Hall–Kier alpha value is -1.39. The number of nitrogens with zero attached hydrogens (tertiary/aromatic N) is 2. The number of carbonyl (C=O) groups is 1. The van der Waals surface area contributed by atoms with Crippen LogP contribution < -0.4 is 0 Å². The molecule has 0 saturated carbocycles. The van der Waals surface area contributed by atoms with Crippen molar-refractivity contribution in [2.75, 3.05) is 13.2 Å². The van der Waals surface area contributed by atoms with Crippen molar-refractivity contribution in [3.8, 4) is 0 Å².